The van der Waals surface area contributed by atoms with Gasteiger partial charge in [0.2, 0.25) is 0 Å². The number of benzene rings is 2. The lowest BCUT2D eigenvalue weighted by Crippen LogP contribution is -2.39. The van der Waals surface area contributed by atoms with Crippen molar-refractivity contribution in [2.24, 2.45) is 10.8 Å². The fourth-order valence-corrected chi connectivity index (χ4v) is 4.94. The number of hydrogen-bond donors (Lipinski definition) is 1. The zero-order valence-electron chi connectivity index (χ0n) is 14.2. The minimum atomic E-state index is -1.99. The minimum absolute atomic E-state index is 0.126. The van der Waals surface area contributed by atoms with Crippen LogP contribution in [0.4, 0.5) is 4.39 Å². The van der Waals surface area contributed by atoms with Crippen molar-refractivity contribution in [2.45, 2.75) is 19.3 Å². The van der Waals surface area contributed by atoms with Gasteiger partial charge in [-0.2, -0.15) is 0 Å². The second-order valence-electron chi connectivity index (χ2n) is 6.78. The van der Waals surface area contributed by atoms with E-state index in [0.29, 0.717) is 10.0 Å². The zero-order valence-corrected chi connectivity index (χ0v) is 15.7. The fraction of sp³-hybridized carbons (Fsp3) is 0.250. The Kier molecular flexibility index (Phi) is 3.79. The Morgan fingerprint density at radius 3 is 2.48 bits per heavy atom. The molecule has 7 heteroatoms. The molecule has 27 heavy (non-hydrogen) atoms. The number of halogens is 2. The molecule has 0 amide bonds. The van der Waals surface area contributed by atoms with Gasteiger partial charge < -0.3 is 9.84 Å². The molecule has 0 spiro atoms. The molecule has 0 radical (unpaired) electrons. The summed E-state index contributed by atoms with van der Waals surface area (Å²) in [5, 5.41) is 9.99. The van der Waals surface area contributed by atoms with Gasteiger partial charge in [0.15, 0.2) is 11.2 Å². The Morgan fingerprint density at radius 2 is 1.89 bits per heavy atom. The van der Waals surface area contributed by atoms with E-state index in [4.69, 9.17) is 4.74 Å². The van der Waals surface area contributed by atoms with E-state index < -0.39 is 40.3 Å². The first-order chi connectivity index (χ1) is 12.8. The number of Topliss-reactive ketones (excluding diaryl/α,β-unsaturated/α-hetero) is 1. The largest absolute Gasteiger partial charge is 0.480 e. The molecule has 1 saturated carbocycles. The van der Waals surface area contributed by atoms with Crippen LogP contribution in [0.5, 0.6) is 5.75 Å². The molecule has 0 aromatic heterocycles. The number of ketones is 1. The predicted molar refractivity (Wildman–Crippen MR) is 96.0 cm³/mol. The third-order valence-corrected chi connectivity index (χ3v) is 6.25. The van der Waals surface area contributed by atoms with E-state index in [9.17, 15) is 23.9 Å². The Balaban J connectivity index is 1.95. The number of rotatable bonds is 4. The molecule has 4 rings (SSSR count). The van der Waals surface area contributed by atoms with Gasteiger partial charge >= 0.3 is 11.9 Å². The van der Waals surface area contributed by atoms with Crippen LogP contribution >= 0.6 is 15.9 Å². The average molecular weight is 433 g/mol. The summed E-state index contributed by atoms with van der Waals surface area (Å²) in [4.78, 5) is 38.4. The van der Waals surface area contributed by atoms with E-state index in [2.05, 4.69) is 15.9 Å². The molecule has 2 aromatic rings. The van der Waals surface area contributed by atoms with Crippen molar-refractivity contribution in [1.82, 2.24) is 0 Å². The Bertz CT molecular complexity index is 1000. The third kappa shape index (κ3) is 2.06. The number of hydrogen-bond acceptors (Lipinski definition) is 4. The van der Waals surface area contributed by atoms with Crippen LogP contribution in [0.3, 0.4) is 0 Å². The average Bonchev–Trinajstić information content (AvgIpc) is 3.29. The quantitative estimate of drug-likeness (QED) is 0.342. The molecule has 1 heterocycles. The lowest BCUT2D eigenvalue weighted by atomic mass is 9.83. The van der Waals surface area contributed by atoms with E-state index in [-0.39, 0.29) is 17.7 Å². The summed E-state index contributed by atoms with van der Waals surface area (Å²) >= 11 is 3.34. The smallest absolute Gasteiger partial charge is 0.330 e. The number of esters is 1. The van der Waals surface area contributed by atoms with E-state index in [1.165, 1.54) is 12.1 Å². The monoisotopic (exact) mass is 432 g/mol. The SMILES string of the molecule is CCC1(C(=O)c2ccc(F)cc2)C2c3cc(Br)ccc3OC(=O)C21C(=O)O. The number of carbonyl (C=O) groups excluding carboxylic acids is 2. The molecule has 0 saturated heterocycles. The van der Waals surface area contributed by atoms with Crippen molar-refractivity contribution < 1.29 is 28.6 Å². The molecule has 2 aliphatic rings. The first-order valence-corrected chi connectivity index (χ1v) is 9.15. The lowest BCUT2D eigenvalue weighted by Gasteiger charge is -2.20. The van der Waals surface area contributed by atoms with Gasteiger partial charge in [0.05, 0.1) is 5.41 Å². The van der Waals surface area contributed by atoms with Crippen molar-refractivity contribution in [1.29, 1.82) is 0 Å². The molecule has 1 N–H and O–H groups in total. The zero-order chi connectivity index (χ0) is 19.6. The lowest BCUT2D eigenvalue weighted by molar-refractivity contribution is -0.158. The highest BCUT2D eigenvalue weighted by molar-refractivity contribution is 9.10. The predicted octanol–water partition coefficient (Wildman–Crippen LogP) is 3.95. The van der Waals surface area contributed by atoms with Gasteiger partial charge in [0.25, 0.3) is 0 Å². The molecule has 1 aliphatic heterocycles. The normalized spacial score (nSPS) is 28.0. The second-order valence-corrected chi connectivity index (χ2v) is 7.69. The highest BCUT2D eigenvalue weighted by Crippen LogP contribution is 2.79. The van der Waals surface area contributed by atoms with E-state index >= 15 is 0 Å². The van der Waals surface area contributed by atoms with Crippen LogP contribution in [-0.2, 0) is 9.59 Å². The van der Waals surface area contributed by atoms with E-state index in [0.717, 1.165) is 12.1 Å². The first-order valence-electron chi connectivity index (χ1n) is 8.36. The first kappa shape index (κ1) is 17.9. The molecule has 1 fully saturated rings. The number of carboxylic acid groups (broad SMARTS) is 1. The summed E-state index contributed by atoms with van der Waals surface area (Å²) in [5.41, 5.74) is -2.80. The topological polar surface area (TPSA) is 80.7 Å². The summed E-state index contributed by atoms with van der Waals surface area (Å²) in [6.07, 6.45) is 0.126. The minimum Gasteiger partial charge on any atom is -0.480 e. The van der Waals surface area contributed by atoms with Crippen molar-refractivity contribution >= 4 is 33.7 Å². The van der Waals surface area contributed by atoms with Crippen LogP contribution in [-0.4, -0.2) is 22.8 Å². The standard InChI is InChI=1S/C20H14BrFO5/c1-2-19(16(23)10-3-6-12(22)7-4-10)15-13-9-11(21)5-8-14(13)27-18(26)20(15,19)17(24)25/h3-9,15H,2H2,1H3,(H,24,25). The van der Waals surface area contributed by atoms with Crippen molar-refractivity contribution in [3.05, 3.63) is 63.9 Å². The molecule has 5 nitrogen and oxygen atoms in total. The van der Waals surface area contributed by atoms with Crippen molar-refractivity contribution in [2.75, 3.05) is 0 Å². The van der Waals surface area contributed by atoms with Crippen LogP contribution in [0.2, 0.25) is 0 Å². The summed E-state index contributed by atoms with van der Waals surface area (Å²) in [6, 6.07) is 9.82. The Hall–Kier alpha value is -2.54. The van der Waals surface area contributed by atoms with Gasteiger partial charge in [0, 0.05) is 21.5 Å². The number of ether oxygens (including phenoxy) is 1. The van der Waals surface area contributed by atoms with Gasteiger partial charge in [0.1, 0.15) is 11.6 Å². The van der Waals surface area contributed by atoms with E-state index in [1.807, 2.05) is 0 Å². The highest BCUT2D eigenvalue weighted by Gasteiger charge is 2.89. The maximum Gasteiger partial charge on any atom is 0.330 e. The number of fused-ring (bicyclic) bond motifs is 3. The van der Waals surface area contributed by atoms with Gasteiger partial charge in [-0.3, -0.25) is 14.4 Å². The molecule has 1 aliphatic carbocycles. The van der Waals surface area contributed by atoms with Gasteiger partial charge in [-0.15, -0.1) is 0 Å². The van der Waals surface area contributed by atoms with Crippen molar-refractivity contribution in [3.63, 3.8) is 0 Å². The van der Waals surface area contributed by atoms with Crippen LogP contribution < -0.4 is 4.74 Å². The summed E-state index contributed by atoms with van der Waals surface area (Å²) in [5.74, 6) is -3.92. The Morgan fingerprint density at radius 1 is 1.22 bits per heavy atom. The Labute approximate surface area is 162 Å². The van der Waals surface area contributed by atoms with Crippen LogP contribution in [0, 0.1) is 16.6 Å². The molecular formula is C20H14BrFO5. The van der Waals surface area contributed by atoms with E-state index in [1.54, 1.807) is 25.1 Å². The number of carboxylic acids is 1. The van der Waals surface area contributed by atoms with Gasteiger partial charge in [-0.1, -0.05) is 22.9 Å². The second kappa shape index (κ2) is 5.73. The molecule has 0 bridgehead atoms. The van der Waals surface area contributed by atoms with Gasteiger partial charge in [-0.25, -0.2) is 4.39 Å². The summed E-state index contributed by atoms with van der Waals surface area (Å²) in [6.45, 7) is 1.68. The number of aliphatic carboxylic acids is 1. The molecular weight excluding hydrogens is 419 g/mol. The summed E-state index contributed by atoms with van der Waals surface area (Å²) in [7, 11) is 0. The van der Waals surface area contributed by atoms with Crippen LogP contribution in [0.15, 0.2) is 46.9 Å². The molecule has 2 aromatic carbocycles. The van der Waals surface area contributed by atoms with Crippen LogP contribution in [0.25, 0.3) is 0 Å². The third-order valence-electron chi connectivity index (χ3n) is 5.76. The molecule has 3 atom stereocenters. The maximum absolute atomic E-state index is 13.4. The van der Waals surface area contributed by atoms with Crippen LogP contribution in [0.1, 0.15) is 35.2 Å². The highest BCUT2D eigenvalue weighted by atomic mass is 79.9. The van der Waals surface area contributed by atoms with Crippen molar-refractivity contribution in [3.8, 4) is 5.75 Å². The van der Waals surface area contributed by atoms with Gasteiger partial charge in [-0.05, 0) is 48.9 Å². The summed E-state index contributed by atoms with van der Waals surface area (Å²) < 4.78 is 19.3. The fourth-order valence-electron chi connectivity index (χ4n) is 4.57. The molecule has 138 valence electrons. The number of carbonyl (C=O) groups is 3. The maximum atomic E-state index is 13.4. The molecule has 3 unspecified atom stereocenters.